The van der Waals surface area contributed by atoms with E-state index >= 15 is 0 Å². The number of fused-ring (bicyclic) bond motifs is 1. The van der Waals surface area contributed by atoms with Gasteiger partial charge in [-0.2, -0.15) is 0 Å². The summed E-state index contributed by atoms with van der Waals surface area (Å²) in [5.41, 5.74) is 6.11. The van der Waals surface area contributed by atoms with Crippen LogP contribution in [0.3, 0.4) is 0 Å². The summed E-state index contributed by atoms with van der Waals surface area (Å²) in [6.07, 6.45) is 1.18. The number of aliphatic hydroxyl groups excluding tert-OH is 1. The largest absolute Gasteiger partial charge is 0.393 e. The van der Waals surface area contributed by atoms with Gasteiger partial charge in [0.1, 0.15) is 0 Å². The molecule has 1 heterocycles. The lowest BCUT2D eigenvalue weighted by Crippen LogP contribution is -2.16. The van der Waals surface area contributed by atoms with Gasteiger partial charge in [0.2, 0.25) is 0 Å². The van der Waals surface area contributed by atoms with E-state index in [9.17, 15) is 5.11 Å². The second-order valence-electron chi connectivity index (χ2n) is 5.86. The average Bonchev–Trinajstić information content (AvgIpc) is 2.57. The fourth-order valence-electron chi connectivity index (χ4n) is 2.91. The van der Waals surface area contributed by atoms with Crippen LogP contribution >= 0.6 is 0 Å². The summed E-state index contributed by atoms with van der Waals surface area (Å²) in [7, 11) is 0. The van der Waals surface area contributed by atoms with Crippen molar-refractivity contribution in [1.29, 1.82) is 0 Å². The summed E-state index contributed by atoms with van der Waals surface area (Å²) in [6, 6.07) is 15.2. The van der Waals surface area contributed by atoms with Gasteiger partial charge in [0.15, 0.2) is 0 Å². The van der Waals surface area contributed by atoms with Gasteiger partial charge in [0.25, 0.3) is 0 Å². The molecule has 2 atom stereocenters. The topological polar surface area (TPSA) is 32.3 Å². The first-order chi connectivity index (χ1) is 9.61. The van der Waals surface area contributed by atoms with Crippen molar-refractivity contribution in [1.82, 2.24) is 0 Å². The van der Waals surface area contributed by atoms with Crippen molar-refractivity contribution in [3.63, 3.8) is 0 Å². The summed E-state index contributed by atoms with van der Waals surface area (Å²) in [6.45, 7) is 4.19. The fourth-order valence-corrected chi connectivity index (χ4v) is 2.91. The molecule has 2 N–H and O–H groups in total. The van der Waals surface area contributed by atoms with Crippen molar-refractivity contribution in [2.45, 2.75) is 38.8 Å². The Morgan fingerprint density at radius 3 is 2.45 bits per heavy atom. The molecule has 0 bridgehead atoms. The number of hydrogen-bond acceptors (Lipinski definition) is 2. The SMILES string of the molecule is Cc1ccc([C@@H]2C[C@H](O)Cc3cc(C)ccc3N2)cc1. The van der Waals surface area contributed by atoms with Gasteiger partial charge in [-0.1, -0.05) is 47.5 Å². The zero-order chi connectivity index (χ0) is 14.1. The van der Waals surface area contributed by atoms with Crippen LogP contribution in [0.2, 0.25) is 0 Å². The fraction of sp³-hybridized carbons (Fsp3) is 0.333. The summed E-state index contributed by atoms with van der Waals surface area (Å²) in [5, 5.41) is 13.9. The van der Waals surface area contributed by atoms with Gasteiger partial charge in [-0.25, -0.2) is 0 Å². The number of rotatable bonds is 1. The smallest absolute Gasteiger partial charge is 0.0604 e. The van der Waals surface area contributed by atoms with Crippen LogP contribution in [0.5, 0.6) is 0 Å². The van der Waals surface area contributed by atoms with E-state index in [1.807, 2.05) is 0 Å². The first-order valence-electron chi connectivity index (χ1n) is 7.22. The molecule has 1 aliphatic rings. The molecule has 0 aromatic heterocycles. The Bertz CT molecular complexity index is 603. The Labute approximate surface area is 120 Å². The van der Waals surface area contributed by atoms with E-state index in [1.54, 1.807) is 0 Å². The molecule has 2 nitrogen and oxygen atoms in total. The Morgan fingerprint density at radius 1 is 1.00 bits per heavy atom. The van der Waals surface area contributed by atoms with Crippen molar-refractivity contribution in [2.24, 2.45) is 0 Å². The molecule has 104 valence electrons. The molecule has 0 radical (unpaired) electrons. The van der Waals surface area contributed by atoms with E-state index in [4.69, 9.17) is 0 Å². The zero-order valence-electron chi connectivity index (χ0n) is 12.1. The zero-order valence-corrected chi connectivity index (χ0v) is 12.1. The molecule has 0 fully saturated rings. The highest BCUT2D eigenvalue weighted by Crippen LogP contribution is 2.32. The standard InChI is InChI=1S/C18H21NO/c1-12-3-6-14(7-4-12)18-11-16(20)10-15-9-13(2)5-8-17(15)19-18/h3-9,16,18-20H,10-11H2,1-2H3/t16-,18+/m1/s1. The van der Waals surface area contributed by atoms with Crippen molar-refractivity contribution < 1.29 is 5.11 Å². The van der Waals surface area contributed by atoms with Gasteiger partial charge in [-0.15, -0.1) is 0 Å². The highest BCUT2D eigenvalue weighted by atomic mass is 16.3. The summed E-state index contributed by atoms with van der Waals surface area (Å²) < 4.78 is 0. The number of anilines is 1. The summed E-state index contributed by atoms with van der Waals surface area (Å²) in [4.78, 5) is 0. The third-order valence-corrected chi connectivity index (χ3v) is 4.03. The van der Waals surface area contributed by atoms with Crippen LogP contribution in [0.25, 0.3) is 0 Å². The normalized spacial score (nSPS) is 21.8. The van der Waals surface area contributed by atoms with Gasteiger partial charge in [-0.05, 0) is 37.5 Å². The van der Waals surface area contributed by atoms with Gasteiger partial charge in [0, 0.05) is 12.1 Å². The summed E-state index contributed by atoms with van der Waals surface area (Å²) >= 11 is 0. The third-order valence-electron chi connectivity index (χ3n) is 4.03. The minimum atomic E-state index is -0.295. The van der Waals surface area contributed by atoms with Crippen molar-refractivity contribution in [3.05, 3.63) is 64.7 Å². The Kier molecular flexibility index (Phi) is 3.49. The van der Waals surface area contributed by atoms with E-state index < -0.39 is 0 Å². The van der Waals surface area contributed by atoms with E-state index in [0.717, 1.165) is 18.5 Å². The highest BCUT2D eigenvalue weighted by molar-refractivity contribution is 5.55. The predicted octanol–water partition coefficient (Wildman–Crippen LogP) is 3.76. The van der Waals surface area contributed by atoms with Gasteiger partial charge < -0.3 is 10.4 Å². The van der Waals surface area contributed by atoms with Crippen LogP contribution in [0.4, 0.5) is 5.69 Å². The maximum Gasteiger partial charge on any atom is 0.0604 e. The van der Waals surface area contributed by atoms with E-state index in [0.29, 0.717) is 0 Å². The lowest BCUT2D eigenvalue weighted by molar-refractivity contribution is 0.161. The molecule has 2 aromatic rings. The van der Waals surface area contributed by atoms with Crippen LogP contribution < -0.4 is 5.32 Å². The van der Waals surface area contributed by atoms with Crippen LogP contribution in [0.15, 0.2) is 42.5 Å². The number of aliphatic hydroxyl groups is 1. The maximum atomic E-state index is 10.3. The Hall–Kier alpha value is -1.80. The molecule has 2 heteroatoms. The van der Waals surface area contributed by atoms with E-state index in [1.165, 1.54) is 22.3 Å². The van der Waals surface area contributed by atoms with E-state index in [2.05, 4.69) is 61.6 Å². The molecular formula is C18H21NO. The number of aryl methyl sites for hydroxylation is 2. The summed E-state index contributed by atoms with van der Waals surface area (Å²) in [5.74, 6) is 0. The van der Waals surface area contributed by atoms with Crippen LogP contribution in [0.1, 0.15) is 34.7 Å². The van der Waals surface area contributed by atoms with E-state index in [-0.39, 0.29) is 12.1 Å². The van der Waals surface area contributed by atoms with Crippen LogP contribution in [0, 0.1) is 13.8 Å². The Morgan fingerprint density at radius 2 is 1.70 bits per heavy atom. The molecule has 0 aliphatic carbocycles. The lowest BCUT2D eigenvalue weighted by Gasteiger charge is -2.20. The molecular weight excluding hydrogens is 246 g/mol. The molecule has 2 aromatic carbocycles. The highest BCUT2D eigenvalue weighted by Gasteiger charge is 2.22. The maximum absolute atomic E-state index is 10.3. The first-order valence-corrected chi connectivity index (χ1v) is 7.22. The number of benzene rings is 2. The predicted molar refractivity (Wildman–Crippen MR) is 83.0 cm³/mol. The molecule has 20 heavy (non-hydrogen) atoms. The second kappa shape index (κ2) is 5.29. The molecule has 1 aliphatic heterocycles. The van der Waals surface area contributed by atoms with Crippen LogP contribution in [-0.2, 0) is 6.42 Å². The molecule has 3 rings (SSSR count). The van der Waals surface area contributed by atoms with Crippen LogP contribution in [-0.4, -0.2) is 11.2 Å². The van der Waals surface area contributed by atoms with Crippen molar-refractivity contribution in [2.75, 3.05) is 5.32 Å². The van der Waals surface area contributed by atoms with Crippen molar-refractivity contribution in [3.8, 4) is 0 Å². The molecule has 0 spiro atoms. The minimum absolute atomic E-state index is 0.176. The van der Waals surface area contributed by atoms with Crippen molar-refractivity contribution >= 4 is 5.69 Å². The number of hydrogen-bond donors (Lipinski definition) is 2. The third kappa shape index (κ3) is 2.70. The average molecular weight is 267 g/mol. The molecule has 0 amide bonds. The molecule has 0 unspecified atom stereocenters. The first kappa shape index (κ1) is 13.2. The quantitative estimate of drug-likeness (QED) is 0.824. The van der Waals surface area contributed by atoms with Gasteiger partial charge in [-0.3, -0.25) is 0 Å². The minimum Gasteiger partial charge on any atom is -0.393 e. The second-order valence-corrected chi connectivity index (χ2v) is 5.86. The number of nitrogens with one attached hydrogen (secondary N) is 1. The lowest BCUT2D eigenvalue weighted by atomic mass is 9.98. The monoisotopic (exact) mass is 267 g/mol. The molecule has 0 saturated heterocycles. The Balaban J connectivity index is 1.94. The van der Waals surface area contributed by atoms with Gasteiger partial charge >= 0.3 is 0 Å². The van der Waals surface area contributed by atoms with Gasteiger partial charge in [0.05, 0.1) is 12.1 Å². The molecule has 0 saturated carbocycles.